The normalized spacial score (nSPS) is 27.0. The monoisotopic (exact) mass is 211 g/mol. The summed E-state index contributed by atoms with van der Waals surface area (Å²) in [4.78, 5) is 4.48. The highest BCUT2D eigenvalue weighted by atomic mass is 16.5. The summed E-state index contributed by atoms with van der Waals surface area (Å²) in [5.74, 6) is 0.389. The molecule has 5 heteroatoms. The Morgan fingerprint density at radius 2 is 2.33 bits per heavy atom. The molecule has 0 radical (unpaired) electrons. The van der Waals surface area contributed by atoms with Gasteiger partial charge in [0.2, 0.25) is 0 Å². The Bertz CT molecular complexity index is 286. The van der Waals surface area contributed by atoms with E-state index in [0.717, 1.165) is 32.6 Å². The number of aliphatic hydroxyl groups excluding tert-OH is 1. The van der Waals surface area contributed by atoms with Crippen LogP contribution in [0.25, 0.3) is 0 Å². The van der Waals surface area contributed by atoms with Crippen molar-refractivity contribution in [1.82, 2.24) is 10.6 Å². The number of hydrogen-bond acceptors (Lipinski definition) is 5. The first-order valence-corrected chi connectivity index (χ1v) is 5.31. The first-order chi connectivity index (χ1) is 7.27. The Morgan fingerprint density at radius 1 is 1.47 bits per heavy atom. The molecule has 0 aromatic heterocycles. The number of aliphatic imine (C=N–C) groups is 1. The lowest BCUT2D eigenvalue weighted by molar-refractivity contribution is -0.0142. The predicted molar refractivity (Wildman–Crippen MR) is 57.6 cm³/mol. The van der Waals surface area contributed by atoms with E-state index < -0.39 is 6.29 Å². The van der Waals surface area contributed by atoms with Crippen LogP contribution in [0.2, 0.25) is 0 Å². The van der Waals surface area contributed by atoms with Gasteiger partial charge in [0.15, 0.2) is 6.29 Å². The largest absolute Gasteiger partial charge is 0.384 e. The average Bonchev–Trinajstić information content (AvgIpc) is 2.30. The topological polar surface area (TPSA) is 76.9 Å². The lowest BCUT2D eigenvalue weighted by atomic mass is 9.95. The molecule has 0 amide bonds. The molecule has 2 aliphatic rings. The van der Waals surface area contributed by atoms with E-state index in [0.29, 0.717) is 11.6 Å². The van der Waals surface area contributed by atoms with Crippen LogP contribution in [0.1, 0.15) is 6.42 Å². The zero-order valence-corrected chi connectivity index (χ0v) is 8.61. The van der Waals surface area contributed by atoms with Crippen LogP contribution in [0, 0.1) is 5.92 Å². The predicted octanol–water partition coefficient (Wildman–Crippen LogP) is -1.17. The average molecular weight is 211 g/mol. The summed E-state index contributed by atoms with van der Waals surface area (Å²) >= 11 is 0. The molecule has 0 saturated heterocycles. The van der Waals surface area contributed by atoms with E-state index in [2.05, 4.69) is 15.6 Å². The highest BCUT2D eigenvalue weighted by molar-refractivity contribution is 5.89. The molecule has 0 saturated carbocycles. The van der Waals surface area contributed by atoms with Crippen LogP contribution in [0.5, 0.6) is 0 Å². The first kappa shape index (κ1) is 10.6. The maximum Gasteiger partial charge on any atom is 0.193 e. The van der Waals surface area contributed by atoms with Crippen molar-refractivity contribution in [2.24, 2.45) is 10.9 Å². The maximum atomic E-state index is 8.96. The number of nitrogens with one attached hydrogen (secondary N) is 2. The molecule has 4 N–H and O–H groups in total. The van der Waals surface area contributed by atoms with E-state index >= 15 is 0 Å². The number of hydrogen-bond donors (Lipinski definition) is 4. The van der Waals surface area contributed by atoms with Gasteiger partial charge < -0.3 is 20.8 Å². The van der Waals surface area contributed by atoms with Crippen LogP contribution in [0.4, 0.5) is 0 Å². The molecule has 0 aliphatic carbocycles. The molecule has 0 spiro atoms. The van der Waals surface area contributed by atoms with Gasteiger partial charge in [-0.15, -0.1) is 0 Å². The van der Waals surface area contributed by atoms with Gasteiger partial charge in [-0.25, -0.2) is 0 Å². The molecule has 1 unspecified atom stereocenters. The third kappa shape index (κ3) is 2.56. The third-order valence-corrected chi connectivity index (χ3v) is 2.83. The molecule has 2 aliphatic heterocycles. The van der Waals surface area contributed by atoms with E-state index in [1.165, 1.54) is 5.71 Å². The van der Waals surface area contributed by atoms with Crippen molar-refractivity contribution in [2.75, 3.05) is 26.2 Å². The molecule has 15 heavy (non-hydrogen) atoms. The second-order valence-electron chi connectivity index (χ2n) is 3.90. The van der Waals surface area contributed by atoms with Crippen LogP contribution >= 0.6 is 0 Å². The summed E-state index contributed by atoms with van der Waals surface area (Å²) in [5, 5.41) is 24.2. The smallest absolute Gasteiger partial charge is 0.193 e. The van der Waals surface area contributed by atoms with Gasteiger partial charge in [-0.2, -0.15) is 0 Å². The standard InChI is InChI=1S/C10H17N3O2/c14-10(15)8-2-1-7(5-13-8)9-6-11-3-4-12-9/h2,7,10-11,13-15H,1,3-6H2. The number of allylic oxidation sites excluding steroid dienone is 1. The van der Waals surface area contributed by atoms with Crippen molar-refractivity contribution in [3.63, 3.8) is 0 Å². The zero-order chi connectivity index (χ0) is 10.7. The molecule has 2 heterocycles. The fourth-order valence-corrected chi connectivity index (χ4v) is 1.94. The molecule has 1 atom stereocenters. The van der Waals surface area contributed by atoms with Gasteiger partial charge in [-0.3, -0.25) is 4.99 Å². The highest BCUT2D eigenvalue weighted by Gasteiger charge is 2.21. The number of aliphatic hydroxyl groups is 2. The summed E-state index contributed by atoms with van der Waals surface area (Å²) in [5.41, 5.74) is 1.70. The van der Waals surface area contributed by atoms with Gasteiger partial charge in [0.1, 0.15) is 0 Å². The van der Waals surface area contributed by atoms with E-state index in [4.69, 9.17) is 10.2 Å². The molecule has 5 nitrogen and oxygen atoms in total. The third-order valence-electron chi connectivity index (χ3n) is 2.83. The molecule has 0 fully saturated rings. The van der Waals surface area contributed by atoms with E-state index in [9.17, 15) is 0 Å². The van der Waals surface area contributed by atoms with Crippen LogP contribution in [0.3, 0.4) is 0 Å². The van der Waals surface area contributed by atoms with Gasteiger partial charge in [0.05, 0.1) is 12.2 Å². The molecule has 84 valence electrons. The van der Waals surface area contributed by atoms with Gasteiger partial charge in [-0.05, 0) is 6.42 Å². The number of rotatable bonds is 2. The van der Waals surface area contributed by atoms with E-state index in [1.54, 1.807) is 0 Å². The summed E-state index contributed by atoms with van der Waals surface area (Å²) in [6.45, 7) is 3.41. The van der Waals surface area contributed by atoms with Crippen molar-refractivity contribution in [2.45, 2.75) is 12.7 Å². The molecular weight excluding hydrogens is 194 g/mol. The SMILES string of the molecule is OC(O)C1=CCC(C2=NCCNC2)CN1. The lowest BCUT2D eigenvalue weighted by Crippen LogP contribution is -2.41. The van der Waals surface area contributed by atoms with Crippen molar-refractivity contribution in [3.05, 3.63) is 11.8 Å². The van der Waals surface area contributed by atoms with Crippen molar-refractivity contribution in [3.8, 4) is 0 Å². The first-order valence-electron chi connectivity index (χ1n) is 5.31. The Labute approximate surface area is 88.9 Å². The van der Waals surface area contributed by atoms with Crippen molar-refractivity contribution in [1.29, 1.82) is 0 Å². The minimum atomic E-state index is -1.38. The Balaban J connectivity index is 1.95. The second-order valence-corrected chi connectivity index (χ2v) is 3.90. The Hall–Kier alpha value is -0.910. The number of nitrogens with zero attached hydrogens (tertiary/aromatic N) is 1. The zero-order valence-electron chi connectivity index (χ0n) is 8.61. The molecule has 2 rings (SSSR count). The van der Waals surface area contributed by atoms with Crippen molar-refractivity contribution < 1.29 is 10.2 Å². The maximum absolute atomic E-state index is 8.96. The quantitative estimate of drug-likeness (QED) is 0.434. The lowest BCUT2D eigenvalue weighted by Gasteiger charge is -2.27. The Morgan fingerprint density at radius 3 is 2.87 bits per heavy atom. The van der Waals surface area contributed by atoms with E-state index in [-0.39, 0.29) is 0 Å². The fourth-order valence-electron chi connectivity index (χ4n) is 1.94. The van der Waals surface area contributed by atoms with Crippen molar-refractivity contribution >= 4 is 5.71 Å². The second kappa shape index (κ2) is 4.74. The van der Waals surface area contributed by atoms with Gasteiger partial charge in [0, 0.05) is 31.3 Å². The highest BCUT2D eigenvalue weighted by Crippen LogP contribution is 2.15. The summed E-state index contributed by atoms with van der Waals surface area (Å²) in [6.07, 6.45) is 1.30. The van der Waals surface area contributed by atoms with Gasteiger partial charge in [-0.1, -0.05) is 6.08 Å². The molecule has 0 aromatic carbocycles. The molecule has 0 bridgehead atoms. The minimum absolute atomic E-state index is 0.389. The minimum Gasteiger partial charge on any atom is -0.384 e. The van der Waals surface area contributed by atoms with E-state index in [1.807, 2.05) is 6.08 Å². The van der Waals surface area contributed by atoms with Crippen LogP contribution in [-0.2, 0) is 0 Å². The molecule has 0 aromatic rings. The summed E-state index contributed by atoms with van der Waals surface area (Å²) in [7, 11) is 0. The van der Waals surface area contributed by atoms with Gasteiger partial charge >= 0.3 is 0 Å². The summed E-state index contributed by atoms with van der Waals surface area (Å²) in [6, 6.07) is 0. The molecular formula is C10H17N3O2. The van der Waals surface area contributed by atoms with Gasteiger partial charge in [0.25, 0.3) is 0 Å². The van der Waals surface area contributed by atoms with Crippen LogP contribution in [0.15, 0.2) is 16.8 Å². The fraction of sp³-hybridized carbons (Fsp3) is 0.700. The summed E-state index contributed by atoms with van der Waals surface area (Å²) < 4.78 is 0. The Kier molecular flexibility index (Phi) is 3.35. The van der Waals surface area contributed by atoms with Crippen LogP contribution in [-0.4, -0.2) is 48.4 Å². The van der Waals surface area contributed by atoms with Crippen LogP contribution < -0.4 is 10.6 Å².